The van der Waals surface area contributed by atoms with Gasteiger partial charge in [0.2, 0.25) is 0 Å². The van der Waals surface area contributed by atoms with E-state index >= 15 is 0 Å². The van der Waals surface area contributed by atoms with Gasteiger partial charge in [0.05, 0.1) is 10.2 Å². The molecule has 0 aromatic carbocycles. The molecule has 0 aliphatic heterocycles. The molecule has 0 atom stereocenters. The lowest BCUT2D eigenvalue weighted by atomic mass is 10.4. The van der Waals surface area contributed by atoms with Crippen LogP contribution in [-0.2, 0) is 0 Å². The molecule has 2 heterocycles. The number of hydrogen-bond donors (Lipinski definition) is 1. The van der Waals surface area contributed by atoms with Gasteiger partial charge in [-0.05, 0) is 22.0 Å². The third-order valence-corrected chi connectivity index (χ3v) is 3.05. The van der Waals surface area contributed by atoms with Crippen LogP contribution in [0.4, 0.5) is 5.13 Å². The first kappa shape index (κ1) is 7.00. The molecule has 0 amide bonds. The number of thiazole rings is 1. The molecule has 0 fully saturated rings. The maximum absolute atomic E-state index is 5.52. The fourth-order valence-corrected chi connectivity index (χ4v) is 2.11. The molecular weight excluding hydrogens is 226 g/mol. The molecule has 0 spiro atoms. The highest BCUT2D eigenvalue weighted by atomic mass is 79.9. The lowest BCUT2D eigenvalue weighted by Crippen LogP contribution is -1.79. The molecule has 2 rings (SSSR count). The van der Waals surface area contributed by atoms with Gasteiger partial charge in [-0.1, -0.05) is 11.3 Å². The van der Waals surface area contributed by atoms with Crippen molar-refractivity contribution in [3.05, 3.63) is 16.9 Å². The van der Waals surface area contributed by atoms with E-state index in [4.69, 9.17) is 5.73 Å². The number of nitrogens with zero attached hydrogens (tertiary/aromatic N) is 2. The first-order chi connectivity index (χ1) is 5.27. The van der Waals surface area contributed by atoms with Crippen LogP contribution < -0.4 is 5.73 Å². The van der Waals surface area contributed by atoms with Gasteiger partial charge in [0.1, 0.15) is 4.60 Å². The number of nitrogens with two attached hydrogens (primary N) is 1. The van der Waals surface area contributed by atoms with Gasteiger partial charge < -0.3 is 5.73 Å². The highest BCUT2D eigenvalue weighted by molar-refractivity contribution is 9.10. The quantitative estimate of drug-likeness (QED) is 0.704. The topological polar surface area (TPSA) is 51.8 Å². The summed E-state index contributed by atoms with van der Waals surface area (Å²) in [4.78, 5) is 8.15. The molecule has 5 heteroatoms. The summed E-state index contributed by atoms with van der Waals surface area (Å²) >= 11 is 4.75. The van der Waals surface area contributed by atoms with Crippen LogP contribution in [0.2, 0.25) is 0 Å². The first-order valence-electron chi connectivity index (χ1n) is 2.94. The SMILES string of the molecule is Nc1nc2ccnc(Br)c2s1. The Morgan fingerprint density at radius 2 is 2.36 bits per heavy atom. The van der Waals surface area contributed by atoms with Crippen LogP contribution in [0.15, 0.2) is 16.9 Å². The maximum Gasteiger partial charge on any atom is 0.181 e. The Morgan fingerprint density at radius 3 is 3.09 bits per heavy atom. The van der Waals surface area contributed by atoms with E-state index in [0.29, 0.717) is 5.13 Å². The summed E-state index contributed by atoms with van der Waals surface area (Å²) < 4.78 is 1.81. The Kier molecular flexibility index (Phi) is 1.54. The van der Waals surface area contributed by atoms with E-state index < -0.39 is 0 Å². The zero-order chi connectivity index (χ0) is 7.84. The Labute approximate surface area is 75.4 Å². The van der Waals surface area contributed by atoms with Gasteiger partial charge in [0.15, 0.2) is 5.13 Å². The van der Waals surface area contributed by atoms with Crippen LogP contribution in [0.3, 0.4) is 0 Å². The van der Waals surface area contributed by atoms with E-state index in [2.05, 4.69) is 25.9 Å². The number of hydrogen-bond acceptors (Lipinski definition) is 4. The van der Waals surface area contributed by atoms with Crippen molar-refractivity contribution in [2.45, 2.75) is 0 Å². The van der Waals surface area contributed by atoms with Gasteiger partial charge in [0, 0.05) is 6.20 Å². The average molecular weight is 230 g/mol. The highest BCUT2D eigenvalue weighted by Gasteiger charge is 2.03. The van der Waals surface area contributed by atoms with E-state index in [1.165, 1.54) is 11.3 Å². The van der Waals surface area contributed by atoms with E-state index in [9.17, 15) is 0 Å². The Morgan fingerprint density at radius 1 is 1.55 bits per heavy atom. The van der Waals surface area contributed by atoms with Crippen molar-refractivity contribution in [2.24, 2.45) is 0 Å². The van der Waals surface area contributed by atoms with E-state index in [1.807, 2.05) is 6.07 Å². The minimum Gasteiger partial charge on any atom is -0.375 e. The van der Waals surface area contributed by atoms with Crippen molar-refractivity contribution < 1.29 is 0 Å². The second-order valence-corrected chi connectivity index (χ2v) is 3.78. The Hall–Kier alpha value is -0.680. The Bertz CT molecular complexity index is 398. The fraction of sp³-hybridized carbons (Fsp3) is 0. The highest BCUT2D eigenvalue weighted by Crippen LogP contribution is 2.28. The predicted molar refractivity (Wildman–Crippen MR) is 49.5 cm³/mol. The number of aromatic nitrogens is 2. The molecule has 0 saturated heterocycles. The molecular formula is C6H4BrN3S. The van der Waals surface area contributed by atoms with Crippen molar-refractivity contribution in [1.82, 2.24) is 9.97 Å². The summed E-state index contributed by atoms with van der Waals surface area (Å²) in [5.41, 5.74) is 6.42. The second kappa shape index (κ2) is 2.42. The molecule has 11 heavy (non-hydrogen) atoms. The number of anilines is 1. The minimum absolute atomic E-state index is 0.578. The summed E-state index contributed by atoms with van der Waals surface area (Å²) in [6.07, 6.45) is 1.70. The number of pyridine rings is 1. The molecule has 0 radical (unpaired) electrons. The largest absolute Gasteiger partial charge is 0.375 e. The smallest absolute Gasteiger partial charge is 0.181 e. The summed E-state index contributed by atoms with van der Waals surface area (Å²) in [5.74, 6) is 0. The minimum atomic E-state index is 0.578. The van der Waals surface area contributed by atoms with Crippen molar-refractivity contribution in [3.8, 4) is 0 Å². The third-order valence-electron chi connectivity index (χ3n) is 1.28. The van der Waals surface area contributed by atoms with Crippen LogP contribution in [0.25, 0.3) is 10.2 Å². The number of fused-ring (bicyclic) bond motifs is 1. The molecule has 0 bridgehead atoms. The second-order valence-electron chi connectivity index (χ2n) is 2.00. The van der Waals surface area contributed by atoms with Crippen molar-refractivity contribution in [2.75, 3.05) is 5.73 Å². The van der Waals surface area contributed by atoms with Crippen LogP contribution >= 0.6 is 27.3 Å². The van der Waals surface area contributed by atoms with Crippen LogP contribution in [0.1, 0.15) is 0 Å². The fourth-order valence-electron chi connectivity index (χ4n) is 0.842. The third kappa shape index (κ3) is 1.10. The van der Waals surface area contributed by atoms with E-state index in [1.54, 1.807) is 6.20 Å². The molecule has 0 unspecified atom stereocenters. The number of halogens is 1. The molecule has 2 aromatic rings. The van der Waals surface area contributed by atoms with Crippen LogP contribution in [0.5, 0.6) is 0 Å². The lowest BCUT2D eigenvalue weighted by Gasteiger charge is -1.87. The van der Waals surface area contributed by atoms with Gasteiger partial charge in [-0.25, -0.2) is 9.97 Å². The van der Waals surface area contributed by atoms with Crippen LogP contribution in [-0.4, -0.2) is 9.97 Å². The normalized spacial score (nSPS) is 10.6. The summed E-state index contributed by atoms with van der Waals surface area (Å²) in [7, 11) is 0. The zero-order valence-electron chi connectivity index (χ0n) is 5.41. The van der Waals surface area contributed by atoms with Gasteiger partial charge >= 0.3 is 0 Å². The molecule has 0 aliphatic carbocycles. The standard InChI is InChI=1S/C6H4BrN3S/c7-5-4-3(1-2-9-5)10-6(8)11-4/h1-2H,(H2,8,10). The van der Waals surface area contributed by atoms with Gasteiger partial charge in [0.25, 0.3) is 0 Å². The van der Waals surface area contributed by atoms with E-state index in [-0.39, 0.29) is 0 Å². The molecule has 3 nitrogen and oxygen atoms in total. The summed E-state index contributed by atoms with van der Waals surface area (Å²) in [6.45, 7) is 0. The molecule has 2 N–H and O–H groups in total. The number of rotatable bonds is 0. The Balaban J connectivity index is 2.90. The molecule has 56 valence electrons. The molecule has 0 aliphatic rings. The van der Waals surface area contributed by atoms with Gasteiger partial charge in [-0.15, -0.1) is 0 Å². The predicted octanol–water partition coefficient (Wildman–Crippen LogP) is 2.04. The van der Waals surface area contributed by atoms with Crippen LogP contribution in [0, 0.1) is 0 Å². The first-order valence-corrected chi connectivity index (χ1v) is 4.55. The van der Waals surface area contributed by atoms with Crippen molar-refractivity contribution in [1.29, 1.82) is 0 Å². The van der Waals surface area contributed by atoms with E-state index in [0.717, 1.165) is 14.8 Å². The number of nitrogen functional groups attached to an aromatic ring is 1. The van der Waals surface area contributed by atoms with Gasteiger partial charge in [-0.2, -0.15) is 0 Å². The monoisotopic (exact) mass is 229 g/mol. The summed E-state index contributed by atoms with van der Waals surface area (Å²) in [5, 5.41) is 0.578. The lowest BCUT2D eigenvalue weighted by molar-refractivity contribution is 1.31. The zero-order valence-corrected chi connectivity index (χ0v) is 7.82. The maximum atomic E-state index is 5.52. The van der Waals surface area contributed by atoms with Gasteiger partial charge in [-0.3, -0.25) is 0 Å². The average Bonchev–Trinajstić information content (AvgIpc) is 2.31. The molecule has 2 aromatic heterocycles. The summed E-state index contributed by atoms with van der Waals surface area (Å²) in [6, 6.07) is 1.84. The van der Waals surface area contributed by atoms with Crippen molar-refractivity contribution >= 4 is 42.6 Å². The molecule has 0 saturated carbocycles. The van der Waals surface area contributed by atoms with Crippen molar-refractivity contribution in [3.63, 3.8) is 0 Å².